The lowest BCUT2D eigenvalue weighted by Crippen LogP contribution is -2.66. The van der Waals surface area contributed by atoms with Gasteiger partial charge in [-0.05, 0) is 77.0 Å². The third kappa shape index (κ3) is 45.3. The van der Waals surface area contributed by atoms with Crippen LogP contribution in [0.25, 0.3) is 0 Å². The van der Waals surface area contributed by atoms with Crippen LogP contribution in [0.2, 0.25) is 0 Å². The van der Waals surface area contributed by atoms with E-state index in [9.17, 15) is 61.0 Å². The van der Waals surface area contributed by atoms with Crippen LogP contribution in [0.4, 0.5) is 0 Å². The number of nitrogens with one attached hydrogen (secondary N) is 1. The first-order chi connectivity index (χ1) is 51.8. The molecule has 614 valence electrons. The zero-order valence-corrected chi connectivity index (χ0v) is 65.9. The number of aliphatic hydroxyl groups excluding tert-OH is 11. The van der Waals surface area contributed by atoms with E-state index >= 15 is 0 Å². The second-order valence-electron chi connectivity index (χ2n) is 29.9. The van der Waals surface area contributed by atoms with Crippen LogP contribution in [0.3, 0.4) is 0 Å². The normalized spacial score (nSPS) is 26.1. The summed E-state index contributed by atoms with van der Waals surface area (Å²) in [6.07, 6.45) is 63.9. The number of amides is 1. The van der Waals surface area contributed by atoms with E-state index in [1.165, 1.54) is 186 Å². The molecule has 1 amide bonds. The predicted molar refractivity (Wildman–Crippen MR) is 424 cm³/mol. The molecule has 3 heterocycles. The average Bonchev–Trinajstić information content (AvgIpc) is 0.781. The van der Waals surface area contributed by atoms with Crippen LogP contribution in [0.5, 0.6) is 0 Å². The zero-order chi connectivity index (χ0) is 76.7. The Balaban J connectivity index is 1.36. The van der Waals surface area contributed by atoms with Crippen molar-refractivity contribution in [2.45, 2.75) is 420 Å². The average molecular weight is 1500 g/mol. The maximum absolute atomic E-state index is 13.5. The Kier molecular flexibility index (Phi) is 60.6. The maximum Gasteiger partial charge on any atom is 0.220 e. The van der Waals surface area contributed by atoms with Crippen LogP contribution < -0.4 is 5.32 Å². The van der Waals surface area contributed by atoms with Crippen molar-refractivity contribution >= 4 is 5.91 Å². The molecule has 0 spiro atoms. The Morgan fingerprint density at radius 2 is 0.651 bits per heavy atom. The molecule has 17 unspecified atom stereocenters. The molecule has 19 nitrogen and oxygen atoms in total. The monoisotopic (exact) mass is 1500 g/mol. The van der Waals surface area contributed by atoms with Gasteiger partial charge >= 0.3 is 0 Å². The van der Waals surface area contributed by atoms with Gasteiger partial charge < -0.3 is 89.9 Å². The van der Waals surface area contributed by atoms with E-state index in [0.717, 1.165) is 103 Å². The second-order valence-corrected chi connectivity index (χ2v) is 29.9. The molecule has 0 bridgehead atoms. The van der Waals surface area contributed by atoms with Crippen molar-refractivity contribution in [2.75, 3.05) is 26.4 Å². The van der Waals surface area contributed by atoms with E-state index in [-0.39, 0.29) is 18.9 Å². The molecule has 0 radical (unpaired) electrons. The number of ether oxygens (including phenoxy) is 6. The van der Waals surface area contributed by atoms with Crippen LogP contribution in [0.1, 0.15) is 316 Å². The van der Waals surface area contributed by atoms with Gasteiger partial charge in [0.05, 0.1) is 38.6 Å². The quantitative estimate of drug-likeness (QED) is 0.0199. The summed E-state index contributed by atoms with van der Waals surface area (Å²) in [6.45, 7) is 1.65. The molecular weight excluding hydrogens is 1350 g/mol. The smallest absolute Gasteiger partial charge is 0.220 e. The van der Waals surface area contributed by atoms with Gasteiger partial charge in [0.25, 0.3) is 0 Å². The number of rotatable bonds is 67. The van der Waals surface area contributed by atoms with Crippen LogP contribution in [0.15, 0.2) is 97.2 Å². The van der Waals surface area contributed by atoms with Gasteiger partial charge in [-0.25, -0.2) is 0 Å². The van der Waals surface area contributed by atoms with Crippen LogP contribution >= 0.6 is 0 Å². The summed E-state index contributed by atoms with van der Waals surface area (Å²) in [5.74, 6) is -0.279. The molecule has 19 heteroatoms. The van der Waals surface area contributed by atoms with E-state index in [4.69, 9.17) is 28.4 Å². The van der Waals surface area contributed by atoms with Gasteiger partial charge in [-0.1, -0.05) is 329 Å². The fourth-order valence-corrected chi connectivity index (χ4v) is 13.9. The molecule has 0 aromatic carbocycles. The number of allylic oxidation sites excluding steroid dienone is 15. The highest BCUT2D eigenvalue weighted by atomic mass is 16.8. The first kappa shape index (κ1) is 96.9. The van der Waals surface area contributed by atoms with E-state index < -0.39 is 124 Å². The number of carbonyl (C=O) groups is 1. The Labute approximate surface area is 641 Å². The summed E-state index contributed by atoms with van der Waals surface area (Å²) in [5, 5.41) is 121. The molecular formula is C87H153NO18. The Morgan fingerprint density at radius 1 is 0.349 bits per heavy atom. The molecule has 3 aliphatic heterocycles. The molecule has 3 fully saturated rings. The van der Waals surface area contributed by atoms with Gasteiger partial charge in [0.2, 0.25) is 5.91 Å². The van der Waals surface area contributed by atoms with Crippen LogP contribution in [-0.2, 0) is 33.2 Å². The molecule has 3 aliphatic rings. The topological polar surface area (TPSA) is 307 Å². The van der Waals surface area contributed by atoms with E-state index in [1.807, 2.05) is 6.08 Å². The van der Waals surface area contributed by atoms with Gasteiger partial charge in [-0.15, -0.1) is 0 Å². The van der Waals surface area contributed by atoms with Crippen LogP contribution in [0, 0.1) is 0 Å². The number of hydrogen-bond donors (Lipinski definition) is 12. The molecule has 12 N–H and O–H groups in total. The molecule has 0 aromatic heterocycles. The van der Waals surface area contributed by atoms with Gasteiger partial charge in [0.15, 0.2) is 18.9 Å². The van der Waals surface area contributed by atoms with Crippen molar-refractivity contribution in [2.24, 2.45) is 0 Å². The van der Waals surface area contributed by atoms with Crippen molar-refractivity contribution < 1.29 is 89.4 Å². The predicted octanol–water partition coefficient (Wildman–Crippen LogP) is 15.1. The van der Waals surface area contributed by atoms with E-state index in [0.29, 0.717) is 6.42 Å². The number of carbonyl (C=O) groups excluding carboxylic acids is 1. The number of unbranched alkanes of at least 4 members (excludes halogenated alkanes) is 37. The first-order valence-electron chi connectivity index (χ1n) is 42.5. The lowest BCUT2D eigenvalue weighted by atomic mass is 9.96. The summed E-state index contributed by atoms with van der Waals surface area (Å²) < 4.78 is 34.5. The van der Waals surface area contributed by atoms with E-state index in [2.05, 4.69) is 104 Å². The minimum Gasteiger partial charge on any atom is -0.394 e. The zero-order valence-electron chi connectivity index (χ0n) is 65.9. The van der Waals surface area contributed by atoms with Crippen molar-refractivity contribution in [1.29, 1.82) is 0 Å². The second kappa shape index (κ2) is 66.3. The van der Waals surface area contributed by atoms with E-state index in [1.54, 1.807) is 6.08 Å². The summed E-state index contributed by atoms with van der Waals surface area (Å²) in [5.41, 5.74) is 0. The lowest BCUT2D eigenvalue weighted by molar-refractivity contribution is -0.379. The fraction of sp³-hybridized carbons (Fsp3) is 0.805. The summed E-state index contributed by atoms with van der Waals surface area (Å²) in [4.78, 5) is 13.5. The fourth-order valence-electron chi connectivity index (χ4n) is 13.9. The van der Waals surface area contributed by atoms with Gasteiger partial charge in [0.1, 0.15) is 73.2 Å². The maximum atomic E-state index is 13.5. The van der Waals surface area contributed by atoms with Gasteiger partial charge in [0, 0.05) is 6.42 Å². The van der Waals surface area contributed by atoms with Gasteiger partial charge in [-0.3, -0.25) is 4.79 Å². The Bertz CT molecular complexity index is 2290. The van der Waals surface area contributed by atoms with Crippen LogP contribution in [-0.4, -0.2) is 193 Å². The molecule has 17 atom stereocenters. The van der Waals surface area contributed by atoms with Crippen molar-refractivity contribution in [3.05, 3.63) is 97.2 Å². The standard InChI is InChI=1S/C87H153NO18/c1-3-5-7-9-11-13-15-17-19-21-23-25-27-29-31-33-34-35-36-37-39-41-43-45-47-49-51-53-55-57-59-61-63-65-75(93)88-70(71(92)64-62-60-58-56-54-52-50-48-46-44-42-40-38-32-30-28-26-24-22-20-18-16-14-12-10-8-6-4-2)69-101-85-81(99)78(96)83(73(67-90)103-85)106-87-82(100)79(97)84(74(68-91)104-87)105-86-80(98)77(95)76(94)72(66-89)102-86/h5,7,11,13,17,19,23,25,29,31,34-35,37,39,62,64,70-74,76-87,89-92,94-100H,3-4,6,8-10,12,14-16,18,20-22,24,26-28,30,32-33,36,38,40-61,63,65-69H2,1-2H3,(H,88,93)/b7-5-,13-11-,19-17-,25-23-,31-29-,35-34-,39-37-,64-62+. The third-order valence-corrected chi connectivity index (χ3v) is 20.6. The Hall–Kier alpha value is -3.29. The minimum atomic E-state index is -1.98. The molecule has 106 heavy (non-hydrogen) atoms. The lowest BCUT2D eigenvalue weighted by Gasteiger charge is -2.48. The summed E-state index contributed by atoms with van der Waals surface area (Å²) in [6, 6.07) is -0.983. The Morgan fingerprint density at radius 3 is 1.02 bits per heavy atom. The van der Waals surface area contributed by atoms with Crippen molar-refractivity contribution in [3.63, 3.8) is 0 Å². The summed E-state index contributed by atoms with van der Waals surface area (Å²) in [7, 11) is 0. The molecule has 0 aliphatic carbocycles. The number of hydrogen-bond acceptors (Lipinski definition) is 18. The first-order valence-corrected chi connectivity index (χ1v) is 42.5. The SMILES string of the molecule is CC/C=C\C/C=C\C/C=C\C/C=C\C/C=C\C/C=C\C/C=C\CCCCCCCCCCCCCC(=O)NC(COC1OC(CO)C(OC2OC(CO)C(OC3OC(CO)C(O)C(O)C3O)C(O)C2O)C(O)C1O)C(O)/C=C/CCCCCCCCCCCCCCCCCCCCCCCCCCCC. The summed E-state index contributed by atoms with van der Waals surface area (Å²) >= 11 is 0. The van der Waals surface area contributed by atoms with Crippen molar-refractivity contribution in [3.8, 4) is 0 Å². The highest BCUT2D eigenvalue weighted by Gasteiger charge is 2.54. The number of aliphatic hydroxyl groups is 11. The van der Waals surface area contributed by atoms with Gasteiger partial charge in [-0.2, -0.15) is 0 Å². The minimum absolute atomic E-state index is 0.235. The highest BCUT2D eigenvalue weighted by Crippen LogP contribution is 2.33. The molecule has 3 saturated heterocycles. The largest absolute Gasteiger partial charge is 0.394 e. The molecule has 0 saturated carbocycles. The highest BCUT2D eigenvalue weighted by molar-refractivity contribution is 5.76. The van der Waals surface area contributed by atoms with Crippen molar-refractivity contribution in [1.82, 2.24) is 5.32 Å². The molecule has 0 aromatic rings. The molecule has 3 rings (SSSR count). The third-order valence-electron chi connectivity index (χ3n) is 20.6.